The lowest BCUT2D eigenvalue weighted by Crippen LogP contribution is -2.35. The lowest BCUT2D eigenvalue weighted by atomic mass is 9.86. The van der Waals surface area contributed by atoms with Crippen LogP contribution in [0.3, 0.4) is 0 Å². The number of nitrogens with two attached hydrogens (primary N) is 1. The number of rotatable bonds is 3. The van der Waals surface area contributed by atoms with Crippen LogP contribution < -0.4 is 5.73 Å². The summed E-state index contributed by atoms with van der Waals surface area (Å²) < 4.78 is 0. The second-order valence-electron chi connectivity index (χ2n) is 5.70. The van der Waals surface area contributed by atoms with E-state index in [1.807, 2.05) is 12.1 Å². The summed E-state index contributed by atoms with van der Waals surface area (Å²) in [5.74, 6) is 0.862. The minimum absolute atomic E-state index is 0.646. The molecular formula is C15H23ClN2. The highest BCUT2D eigenvalue weighted by Gasteiger charge is 2.22. The number of halogens is 1. The largest absolute Gasteiger partial charge is 0.398 e. The Kier molecular flexibility index (Phi) is 4.52. The van der Waals surface area contributed by atoms with Gasteiger partial charge in [-0.05, 0) is 43.5 Å². The normalized spacial score (nSPS) is 24.4. The molecule has 1 aliphatic carbocycles. The molecule has 2 nitrogen and oxygen atoms in total. The van der Waals surface area contributed by atoms with Gasteiger partial charge in [-0.15, -0.1) is 0 Å². The second-order valence-corrected chi connectivity index (χ2v) is 6.10. The van der Waals surface area contributed by atoms with Crippen LogP contribution in [-0.2, 0) is 6.54 Å². The highest BCUT2D eigenvalue weighted by molar-refractivity contribution is 6.33. The molecule has 2 unspecified atom stereocenters. The predicted octanol–water partition coefficient (Wildman–Crippen LogP) is 3.93. The van der Waals surface area contributed by atoms with Gasteiger partial charge in [-0.2, -0.15) is 0 Å². The van der Waals surface area contributed by atoms with Crippen molar-refractivity contribution in [3.63, 3.8) is 0 Å². The van der Waals surface area contributed by atoms with Crippen LogP contribution in [0.4, 0.5) is 5.69 Å². The first-order valence-corrected chi connectivity index (χ1v) is 7.18. The molecule has 0 heterocycles. The molecule has 1 aromatic carbocycles. The fraction of sp³-hybridized carbons (Fsp3) is 0.600. The van der Waals surface area contributed by atoms with Crippen molar-refractivity contribution in [2.75, 3.05) is 12.8 Å². The van der Waals surface area contributed by atoms with Gasteiger partial charge in [0.2, 0.25) is 0 Å². The van der Waals surface area contributed by atoms with Crippen molar-refractivity contribution in [1.29, 1.82) is 0 Å². The summed E-state index contributed by atoms with van der Waals surface area (Å²) in [6, 6.07) is 6.67. The number of nitrogen functional groups attached to an aromatic ring is 1. The number of hydrogen-bond acceptors (Lipinski definition) is 2. The van der Waals surface area contributed by atoms with Gasteiger partial charge in [0.1, 0.15) is 0 Å². The zero-order valence-corrected chi connectivity index (χ0v) is 12.1. The van der Waals surface area contributed by atoms with Crippen molar-refractivity contribution in [2.24, 2.45) is 5.92 Å². The highest BCUT2D eigenvalue weighted by atomic mass is 35.5. The van der Waals surface area contributed by atoms with Gasteiger partial charge in [-0.1, -0.05) is 37.4 Å². The average molecular weight is 267 g/mol. The van der Waals surface area contributed by atoms with E-state index >= 15 is 0 Å². The summed E-state index contributed by atoms with van der Waals surface area (Å²) in [5.41, 5.74) is 7.77. The summed E-state index contributed by atoms with van der Waals surface area (Å²) >= 11 is 5.95. The van der Waals surface area contributed by atoms with E-state index in [1.165, 1.54) is 31.2 Å². The molecule has 0 amide bonds. The van der Waals surface area contributed by atoms with E-state index in [0.29, 0.717) is 16.8 Å². The number of benzene rings is 1. The van der Waals surface area contributed by atoms with Crippen molar-refractivity contribution in [2.45, 2.75) is 45.2 Å². The minimum atomic E-state index is 0.646. The lowest BCUT2D eigenvalue weighted by molar-refractivity contribution is 0.158. The van der Waals surface area contributed by atoms with Crippen LogP contribution in [0.25, 0.3) is 0 Å². The zero-order valence-electron chi connectivity index (χ0n) is 11.3. The minimum Gasteiger partial charge on any atom is -0.398 e. The summed E-state index contributed by atoms with van der Waals surface area (Å²) in [7, 11) is 2.22. The Labute approximate surface area is 115 Å². The van der Waals surface area contributed by atoms with Crippen LogP contribution in [0.5, 0.6) is 0 Å². The van der Waals surface area contributed by atoms with Gasteiger partial charge in [-0.25, -0.2) is 0 Å². The fourth-order valence-corrected chi connectivity index (χ4v) is 3.03. The molecule has 1 aliphatic rings. The molecular weight excluding hydrogens is 244 g/mol. The Bertz CT molecular complexity index is 405. The van der Waals surface area contributed by atoms with E-state index in [2.05, 4.69) is 24.9 Å². The smallest absolute Gasteiger partial charge is 0.0635 e. The van der Waals surface area contributed by atoms with Crippen molar-refractivity contribution in [3.05, 3.63) is 28.8 Å². The molecule has 0 aromatic heterocycles. The maximum absolute atomic E-state index is 5.95. The van der Waals surface area contributed by atoms with Crippen LogP contribution in [0.15, 0.2) is 18.2 Å². The van der Waals surface area contributed by atoms with Crippen LogP contribution in [0, 0.1) is 5.92 Å². The van der Waals surface area contributed by atoms with Crippen LogP contribution in [0.2, 0.25) is 5.02 Å². The molecule has 2 rings (SSSR count). The third-order valence-corrected chi connectivity index (χ3v) is 4.37. The molecule has 0 radical (unpaired) electrons. The Morgan fingerprint density at radius 1 is 1.39 bits per heavy atom. The van der Waals surface area contributed by atoms with Gasteiger partial charge in [0.25, 0.3) is 0 Å². The molecule has 2 atom stereocenters. The fourth-order valence-electron chi connectivity index (χ4n) is 2.91. The maximum atomic E-state index is 5.95. The first kappa shape index (κ1) is 13.7. The van der Waals surface area contributed by atoms with E-state index < -0.39 is 0 Å². The molecule has 3 heteroatoms. The quantitative estimate of drug-likeness (QED) is 0.840. The van der Waals surface area contributed by atoms with E-state index in [1.54, 1.807) is 0 Å². The Morgan fingerprint density at radius 3 is 2.83 bits per heavy atom. The first-order chi connectivity index (χ1) is 8.56. The van der Waals surface area contributed by atoms with Crippen LogP contribution in [0.1, 0.15) is 38.2 Å². The molecule has 100 valence electrons. The summed E-state index contributed by atoms with van der Waals surface area (Å²) in [4.78, 5) is 2.46. The van der Waals surface area contributed by atoms with Crippen LogP contribution in [-0.4, -0.2) is 18.0 Å². The Hall–Kier alpha value is -0.730. The molecule has 1 aromatic rings. The third-order valence-electron chi connectivity index (χ3n) is 4.02. The summed E-state index contributed by atoms with van der Waals surface area (Å²) in [6.45, 7) is 3.32. The van der Waals surface area contributed by atoms with Crippen molar-refractivity contribution < 1.29 is 0 Å². The van der Waals surface area contributed by atoms with Crippen molar-refractivity contribution in [3.8, 4) is 0 Å². The van der Waals surface area contributed by atoms with Gasteiger partial charge >= 0.3 is 0 Å². The number of anilines is 1. The molecule has 0 spiro atoms. The van der Waals surface area contributed by atoms with E-state index in [4.69, 9.17) is 17.3 Å². The van der Waals surface area contributed by atoms with Gasteiger partial charge < -0.3 is 5.73 Å². The lowest BCUT2D eigenvalue weighted by Gasteiger charge is -2.34. The summed E-state index contributed by atoms with van der Waals surface area (Å²) in [6.07, 6.45) is 5.39. The number of hydrogen-bond donors (Lipinski definition) is 1. The van der Waals surface area contributed by atoms with Crippen molar-refractivity contribution in [1.82, 2.24) is 4.90 Å². The molecule has 18 heavy (non-hydrogen) atoms. The van der Waals surface area contributed by atoms with Crippen LogP contribution >= 0.6 is 11.6 Å². The molecule has 1 fully saturated rings. The number of nitrogens with zero attached hydrogens (tertiary/aromatic N) is 1. The van der Waals surface area contributed by atoms with E-state index in [0.717, 1.165) is 12.5 Å². The van der Waals surface area contributed by atoms with Gasteiger partial charge in [0.15, 0.2) is 0 Å². The molecule has 0 bridgehead atoms. The zero-order chi connectivity index (χ0) is 13.1. The predicted molar refractivity (Wildman–Crippen MR) is 78.8 cm³/mol. The SMILES string of the molecule is CC1CCCC(N(C)Cc2ccc(Cl)c(N)c2)C1. The molecule has 1 saturated carbocycles. The van der Waals surface area contributed by atoms with Gasteiger partial charge in [0, 0.05) is 12.6 Å². The third kappa shape index (κ3) is 3.39. The highest BCUT2D eigenvalue weighted by Crippen LogP contribution is 2.28. The standard InChI is InChI=1S/C15H23ClN2/c1-11-4-3-5-13(8-11)18(2)10-12-6-7-14(16)15(17)9-12/h6-7,9,11,13H,3-5,8,10,17H2,1-2H3. The first-order valence-electron chi connectivity index (χ1n) is 6.80. The Morgan fingerprint density at radius 2 is 2.17 bits per heavy atom. The second kappa shape index (κ2) is 5.94. The monoisotopic (exact) mass is 266 g/mol. The summed E-state index contributed by atoms with van der Waals surface area (Å²) in [5, 5.41) is 0.646. The van der Waals surface area contributed by atoms with Crippen molar-refractivity contribution >= 4 is 17.3 Å². The maximum Gasteiger partial charge on any atom is 0.0635 e. The molecule has 0 aliphatic heterocycles. The average Bonchev–Trinajstić information content (AvgIpc) is 2.34. The van der Waals surface area contributed by atoms with E-state index in [9.17, 15) is 0 Å². The molecule has 2 N–H and O–H groups in total. The Balaban J connectivity index is 1.97. The van der Waals surface area contributed by atoms with E-state index in [-0.39, 0.29) is 0 Å². The molecule has 0 saturated heterocycles. The van der Waals surface area contributed by atoms with Gasteiger partial charge in [0.05, 0.1) is 10.7 Å². The van der Waals surface area contributed by atoms with Gasteiger partial charge in [-0.3, -0.25) is 4.90 Å². The topological polar surface area (TPSA) is 29.3 Å².